The molecular formula is C61H36N2O. The largest absolute Gasteiger partial charge is 0.456 e. The van der Waals surface area contributed by atoms with Gasteiger partial charge in [-0.2, -0.15) is 0 Å². The van der Waals surface area contributed by atoms with Gasteiger partial charge in [0.1, 0.15) is 11.2 Å². The number of fused-ring (bicyclic) bond motifs is 19. The maximum Gasteiger partial charge on any atom is 0.137 e. The topological polar surface area (TPSA) is 23.0 Å². The molecule has 0 fully saturated rings. The highest BCUT2D eigenvalue weighted by Gasteiger charge is 2.52. The lowest BCUT2D eigenvalue weighted by atomic mass is 9.70. The maximum atomic E-state index is 6.36. The van der Waals surface area contributed by atoms with E-state index in [0.29, 0.717) is 0 Å². The predicted octanol–water partition coefficient (Wildman–Crippen LogP) is 15.8. The van der Waals surface area contributed by atoms with E-state index in [1.54, 1.807) is 0 Å². The molecule has 3 aromatic heterocycles. The molecule has 3 heterocycles. The summed E-state index contributed by atoms with van der Waals surface area (Å²) in [5.74, 6) is 0. The van der Waals surface area contributed by atoms with Crippen LogP contribution in [0.1, 0.15) is 22.3 Å². The summed E-state index contributed by atoms with van der Waals surface area (Å²) < 4.78 is 11.3. The number of nitrogens with zero attached hydrogens (tertiary/aromatic N) is 2. The van der Waals surface area contributed by atoms with Crippen molar-refractivity contribution in [1.29, 1.82) is 0 Å². The van der Waals surface area contributed by atoms with Crippen molar-refractivity contribution in [3.8, 4) is 44.8 Å². The van der Waals surface area contributed by atoms with Crippen molar-refractivity contribution < 1.29 is 4.42 Å². The van der Waals surface area contributed by atoms with Crippen molar-refractivity contribution in [3.63, 3.8) is 0 Å². The quantitative estimate of drug-likeness (QED) is 0.174. The molecule has 0 unspecified atom stereocenters. The SMILES string of the molecule is c1ccc2c(c1)-c1ccccc1C21c2ccccc2-c2c(-n3c4ccccc4c4cc(-c5ccc6c(c5)c5ccccc5n6-c5ccc6c(c5)oc5ccccc56)ccc43)cccc21. The van der Waals surface area contributed by atoms with Gasteiger partial charge in [0.2, 0.25) is 0 Å². The van der Waals surface area contributed by atoms with Crippen LogP contribution in [0.3, 0.4) is 0 Å². The Morgan fingerprint density at radius 2 is 0.812 bits per heavy atom. The fraction of sp³-hybridized carbons (Fsp3) is 0.0164. The van der Waals surface area contributed by atoms with E-state index in [1.165, 1.54) is 105 Å². The summed E-state index contributed by atoms with van der Waals surface area (Å²) in [7, 11) is 0. The zero-order valence-electron chi connectivity index (χ0n) is 34.6. The van der Waals surface area contributed by atoms with Crippen LogP contribution in [0.5, 0.6) is 0 Å². The molecule has 3 nitrogen and oxygen atoms in total. The molecule has 0 radical (unpaired) electrons. The van der Waals surface area contributed by atoms with E-state index < -0.39 is 5.41 Å². The molecule has 0 amide bonds. The molecule has 296 valence electrons. The maximum absolute atomic E-state index is 6.36. The minimum Gasteiger partial charge on any atom is -0.456 e. The first-order valence-corrected chi connectivity index (χ1v) is 22.2. The van der Waals surface area contributed by atoms with Crippen LogP contribution in [-0.4, -0.2) is 9.13 Å². The number of furan rings is 1. The minimum absolute atomic E-state index is 0.400. The fourth-order valence-corrected chi connectivity index (χ4v) is 12.0. The normalized spacial score (nSPS) is 13.4. The minimum atomic E-state index is -0.400. The van der Waals surface area contributed by atoms with Crippen LogP contribution in [0.15, 0.2) is 223 Å². The molecule has 0 N–H and O–H groups in total. The van der Waals surface area contributed by atoms with Gasteiger partial charge in [-0.05, 0) is 111 Å². The van der Waals surface area contributed by atoms with Crippen LogP contribution in [0.4, 0.5) is 0 Å². The molecular weight excluding hydrogens is 777 g/mol. The Hall–Kier alpha value is -8.40. The van der Waals surface area contributed by atoms with Crippen molar-refractivity contribution in [2.45, 2.75) is 5.41 Å². The molecule has 13 aromatic rings. The third-order valence-electron chi connectivity index (χ3n) is 14.5. The Labute approximate surface area is 368 Å². The Morgan fingerprint density at radius 3 is 1.50 bits per heavy atom. The molecule has 0 atom stereocenters. The molecule has 10 aromatic carbocycles. The third kappa shape index (κ3) is 4.26. The second kappa shape index (κ2) is 12.4. The number of rotatable bonds is 3. The molecule has 15 rings (SSSR count). The average molecular weight is 813 g/mol. The van der Waals surface area contributed by atoms with Gasteiger partial charge < -0.3 is 13.6 Å². The lowest BCUT2D eigenvalue weighted by molar-refractivity contribution is 0.668. The van der Waals surface area contributed by atoms with Crippen LogP contribution in [0.2, 0.25) is 0 Å². The summed E-state index contributed by atoms with van der Waals surface area (Å²) in [6, 6.07) is 80.8. The molecule has 64 heavy (non-hydrogen) atoms. The van der Waals surface area contributed by atoms with E-state index in [4.69, 9.17) is 4.42 Å². The number of benzene rings is 10. The molecule has 2 aliphatic carbocycles. The summed E-state index contributed by atoms with van der Waals surface area (Å²) in [6.07, 6.45) is 0. The Balaban J connectivity index is 0.920. The molecule has 0 saturated carbocycles. The van der Waals surface area contributed by atoms with Crippen molar-refractivity contribution in [1.82, 2.24) is 9.13 Å². The lowest BCUT2D eigenvalue weighted by Crippen LogP contribution is -2.25. The van der Waals surface area contributed by atoms with Gasteiger partial charge in [0.25, 0.3) is 0 Å². The first-order valence-electron chi connectivity index (χ1n) is 22.2. The molecule has 0 aliphatic heterocycles. The van der Waals surface area contributed by atoms with Gasteiger partial charge in [-0.1, -0.05) is 152 Å². The highest BCUT2D eigenvalue weighted by molar-refractivity contribution is 6.14. The third-order valence-corrected chi connectivity index (χ3v) is 14.5. The highest BCUT2D eigenvalue weighted by atomic mass is 16.3. The summed E-state index contributed by atoms with van der Waals surface area (Å²) >= 11 is 0. The van der Waals surface area contributed by atoms with Gasteiger partial charge in [-0.15, -0.1) is 0 Å². The van der Waals surface area contributed by atoms with Crippen molar-refractivity contribution in [2.75, 3.05) is 0 Å². The van der Waals surface area contributed by atoms with E-state index in [0.717, 1.165) is 27.6 Å². The summed E-state index contributed by atoms with van der Waals surface area (Å²) in [5, 5.41) is 7.21. The van der Waals surface area contributed by atoms with E-state index >= 15 is 0 Å². The van der Waals surface area contributed by atoms with Crippen molar-refractivity contribution in [2.24, 2.45) is 0 Å². The highest BCUT2D eigenvalue weighted by Crippen LogP contribution is 2.63. The van der Waals surface area contributed by atoms with Crippen LogP contribution in [0, 0.1) is 0 Å². The van der Waals surface area contributed by atoms with E-state index in [9.17, 15) is 0 Å². The molecule has 0 saturated heterocycles. The van der Waals surface area contributed by atoms with Gasteiger partial charge in [0, 0.05) is 49.6 Å². The van der Waals surface area contributed by atoms with Crippen LogP contribution in [0.25, 0.3) is 110 Å². The first-order chi connectivity index (χ1) is 31.8. The van der Waals surface area contributed by atoms with Crippen LogP contribution in [-0.2, 0) is 5.41 Å². The van der Waals surface area contributed by atoms with Crippen molar-refractivity contribution >= 4 is 65.6 Å². The Morgan fingerprint density at radius 1 is 0.312 bits per heavy atom. The zero-order valence-corrected chi connectivity index (χ0v) is 34.6. The van der Waals surface area contributed by atoms with Gasteiger partial charge in [-0.3, -0.25) is 0 Å². The average Bonchev–Trinajstić information content (AvgIpc) is 4.14. The number of para-hydroxylation sites is 3. The molecule has 2 aliphatic rings. The summed E-state index contributed by atoms with van der Waals surface area (Å²) in [5.41, 5.74) is 21.5. The smallest absolute Gasteiger partial charge is 0.137 e. The standard InChI is InChI=1S/C61H36N2O/c1-7-20-49-40(14-1)41-15-2-8-21-50(41)61(49)51-22-9-3-19-46(51)60-52(61)23-13-26-57(60)63-54-25-11-5-17-43(54)48-35-38(29-33-56(48)63)37-28-32-55-47(34-37)42-16-4-10-24-53(42)62(55)39-30-31-45-44-18-6-12-27-58(44)64-59(45)36-39/h1-36H. The van der Waals surface area contributed by atoms with E-state index in [1.807, 2.05) is 12.1 Å². The van der Waals surface area contributed by atoms with Crippen molar-refractivity contribution in [3.05, 3.63) is 241 Å². The van der Waals surface area contributed by atoms with Gasteiger partial charge in [0.15, 0.2) is 0 Å². The number of aromatic nitrogens is 2. The number of hydrogen-bond donors (Lipinski definition) is 0. The van der Waals surface area contributed by atoms with Crippen LogP contribution < -0.4 is 0 Å². The van der Waals surface area contributed by atoms with E-state index in [-0.39, 0.29) is 0 Å². The van der Waals surface area contributed by atoms with Gasteiger partial charge in [0.05, 0.1) is 33.2 Å². The second-order valence-corrected chi connectivity index (χ2v) is 17.5. The molecule has 1 spiro atoms. The first kappa shape index (κ1) is 34.2. The lowest BCUT2D eigenvalue weighted by Gasteiger charge is -2.30. The predicted molar refractivity (Wildman–Crippen MR) is 264 cm³/mol. The summed E-state index contributed by atoms with van der Waals surface area (Å²) in [6.45, 7) is 0. The summed E-state index contributed by atoms with van der Waals surface area (Å²) in [4.78, 5) is 0. The molecule has 0 bridgehead atoms. The number of hydrogen-bond acceptors (Lipinski definition) is 1. The van der Waals surface area contributed by atoms with Crippen LogP contribution >= 0.6 is 0 Å². The molecule has 3 heteroatoms. The second-order valence-electron chi connectivity index (χ2n) is 17.5. The van der Waals surface area contributed by atoms with Gasteiger partial charge >= 0.3 is 0 Å². The monoisotopic (exact) mass is 812 g/mol. The Kier molecular flexibility index (Phi) is 6.61. The zero-order chi connectivity index (χ0) is 41.7. The van der Waals surface area contributed by atoms with Gasteiger partial charge in [-0.25, -0.2) is 0 Å². The fourth-order valence-electron chi connectivity index (χ4n) is 12.0. The Bertz CT molecular complexity index is 4110. The van der Waals surface area contributed by atoms with E-state index in [2.05, 4.69) is 215 Å².